The molecule has 4 nitrogen and oxygen atoms in total. The minimum atomic E-state index is -0.282. The molecule has 0 unspecified atom stereocenters. The van der Waals surface area contributed by atoms with Crippen molar-refractivity contribution in [3.05, 3.63) is 47.0 Å². The van der Waals surface area contributed by atoms with Gasteiger partial charge in [0.1, 0.15) is 5.82 Å². The monoisotopic (exact) mass is 315 g/mol. The Labute approximate surface area is 135 Å². The van der Waals surface area contributed by atoms with E-state index in [-0.39, 0.29) is 11.7 Å². The van der Waals surface area contributed by atoms with Crippen molar-refractivity contribution in [3.63, 3.8) is 0 Å². The topological polar surface area (TPSA) is 46.9 Å². The van der Waals surface area contributed by atoms with Crippen molar-refractivity contribution in [3.8, 4) is 5.69 Å². The van der Waals surface area contributed by atoms with Crippen LogP contribution in [0, 0.1) is 18.7 Å². The number of halogens is 1. The maximum atomic E-state index is 13.1. The highest BCUT2D eigenvalue weighted by atomic mass is 19.1. The van der Waals surface area contributed by atoms with Crippen molar-refractivity contribution in [1.82, 2.24) is 15.1 Å². The van der Waals surface area contributed by atoms with E-state index in [0.29, 0.717) is 23.9 Å². The van der Waals surface area contributed by atoms with Crippen LogP contribution in [0.3, 0.4) is 0 Å². The number of nitrogens with one attached hydrogen (secondary N) is 1. The molecule has 1 fully saturated rings. The Morgan fingerprint density at radius 2 is 2.00 bits per heavy atom. The Hall–Kier alpha value is -2.17. The van der Waals surface area contributed by atoms with Crippen molar-refractivity contribution in [2.45, 2.75) is 39.5 Å². The van der Waals surface area contributed by atoms with E-state index < -0.39 is 0 Å². The summed E-state index contributed by atoms with van der Waals surface area (Å²) < 4.78 is 14.9. The fourth-order valence-electron chi connectivity index (χ4n) is 2.67. The molecule has 1 aromatic heterocycles. The van der Waals surface area contributed by atoms with Gasteiger partial charge < -0.3 is 5.32 Å². The summed E-state index contributed by atoms with van der Waals surface area (Å²) in [6.07, 6.45) is 2.15. The molecule has 1 aliphatic rings. The molecular weight excluding hydrogens is 293 g/mol. The van der Waals surface area contributed by atoms with E-state index in [1.165, 1.54) is 12.1 Å². The third kappa shape index (κ3) is 3.28. The van der Waals surface area contributed by atoms with Crippen LogP contribution in [0.2, 0.25) is 0 Å². The van der Waals surface area contributed by atoms with Gasteiger partial charge >= 0.3 is 0 Å². The van der Waals surface area contributed by atoms with E-state index in [2.05, 4.69) is 24.3 Å². The highest BCUT2D eigenvalue weighted by molar-refractivity contribution is 5.97. The lowest BCUT2D eigenvalue weighted by Crippen LogP contribution is -2.28. The molecule has 5 heteroatoms. The van der Waals surface area contributed by atoms with Gasteiger partial charge in [0, 0.05) is 12.5 Å². The van der Waals surface area contributed by atoms with Crippen molar-refractivity contribution >= 4 is 5.91 Å². The molecule has 1 saturated carbocycles. The predicted octanol–water partition coefficient (Wildman–Crippen LogP) is 3.58. The number of nitrogens with zero attached hydrogens (tertiary/aromatic N) is 2. The largest absolute Gasteiger partial charge is 0.352 e. The van der Waals surface area contributed by atoms with Crippen molar-refractivity contribution in [2.75, 3.05) is 6.54 Å². The lowest BCUT2D eigenvalue weighted by atomic mass is 10.1. The third-order valence-electron chi connectivity index (χ3n) is 4.08. The summed E-state index contributed by atoms with van der Waals surface area (Å²) in [5.41, 5.74) is 3.12. The van der Waals surface area contributed by atoms with Gasteiger partial charge in [0.15, 0.2) is 0 Å². The Balaban J connectivity index is 1.98. The van der Waals surface area contributed by atoms with Gasteiger partial charge in [0.25, 0.3) is 5.91 Å². The average Bonchev–Trinajstić information content (AvgIpc) is 3.29. The summed E-state index contributed by atoms with van der Waals surface area (Å²) in [7, 11) is 0. The number of benzene rings is 1. The molecule has 23 heavy (non-hydrogen) atoms. The van der Waals surface area contributed by atoms with Gasteiger partial charge in [0.05, 0.1) is 22.6 Å². The summed E-state index contributed by atoms with van der Waals surface area (Å²) in [5.74, 6) is 0.424. The number of hydrogen-bond acceptors (Lipinski definition) is 2. The SMILES string of the molecule is Cc1c(C(=O)NCC(C)C)c(C2CC2)nn1-c1ccc(F)cc1. The second-order valence-electron chi connectivity index (χ2n) is 6.61. The lowest BCUT2D eigenvalue weighted by molar-refractivity contribution is 0.0947. The molecule has 3 rings (SSSR count). The number of aromatic nitrogens is 2. The molecule has 1 N–H and O–H groups in total. The second-order valence-corrected chi connectivity index (χ2v) is 6.61. The van der Waals surface area contributed by atoms with Crippen LogP contribution >= 0.6 is 0 Å². The molecule has 0 aliphatic heterocycles. The van der Waals surface area contributed by atoms with Crippen LogP contribution in [0.25, 0.3) is 5.69 Å². The Morgan fingerprint density at radius 3 is 2.57 bits per heavy atom. The summed E-state index contributed by atoms with van der Waals surface area (Å²) in [4.78, 5) is 12.6. The number of hydrogen-bond donors (Lipinski definition) is 1. The van der Waals surface area contributed by atoms with E-state index in [4.69, 9.17) is 0 Å². The smallest absolute Gasteiger partial charge is 0.255 e. The summed E-state index contributed by atoms with van der Waals surface area (Å²) in [6, 6.07) is 6.18. The first-order valence-corrected chi connectivity index (χ1v) is 8.11. The van der Waals surface area contributed by atoms with Crippen LogP contribution in [0.5, 0.6) is 0 Å². The average molecular weight is 315 g/mol. The van der Waals surface area contributed by atoms with Crippen molar-refractivity contribution in [2.24, 2.45) is 5.92 Å². The third-order valence-corrected chi connectivity index (χ3v) is 4.08. The van der Waals surface area contributed by atoms with Crippen LogP contribution in [0.15, 0.2) is 24.3 Å². The predicted molar refractivity (Wildman–Crippen MR) is 87.4 cm³/mol. The zero-order valence-corrected chi connectivity index (χ0v) is 13.8. The minimum Gasteiger partial charge on any atom is -0.352 e. The van der Waals surface area contributed by atoms with Crippen molar-refractivity contribution in [1.29, 1.82) is 0 Å². The molecule has 2 aromatic rings. The first-order chi connectivity index (χ1) is 11.0. The van der Waals surface area contributed by atoms with Crippen LogP contribution in [0.1, 0.15) is 54.4 Å². The fourth-order valence-corrected chi connectivity index (χ4v) is 2.67. The lowest BCUT2D eigenvalue weighted by Gasteiger charge is -2.09. The van der Waals surface area contributed by atoms with Gasteiger partial charge in [-0.15, -0.1) is 0 Å². The molecule has 122 valence electrons. The Bertz CT molecular complexity index is 715. The second kappa shape index (κ2) is 6.14. The van der Waals surface area contributed by atoms with Crippen LogP contribution < -0.4 is 5.32 Å². The molecule has 1 amide bonds. The van der Waals surface area contributed by atoms with Gasteiger partial charge in [-0.05, 0) is 49.9 Å². The number of carbonyl (C=O) groups excluding carboxylic acids is 1. The van der Waals surface area contributed by atoms with Crippen LogP contribution in [0.4, 0.5) is 4.39 Å². The number of carbonyl (C=O) groups is 1. The normalized spacial score (nSPS) is 14.3. The van der Waals surface area contributed by atoms with Gasteiger partial charge in [-0.1, -0.05) is 13.8 Å². The van der Waals surface area contributed by atoms with Crippen LogP contribution in [-0.4, -0.2) is 22.2 Å². The molecule has 0 bridgehead atoms. The summed E-state index contributed by atoms with van der Waals surface area (Å²) in [6.45, 7) is 6.67. The standard InChI is InChI=1S/C18H22FN3O/c1-11(2)10-20-18(23)16-12(3)22(21-17(16)13-4-5-13)15-8-6-14(19)7-9-15/h6-9,11,13H,4-5,10H2,1-3H3,(H,20,23). The molecule has 0 saturated heterocycles. The molecule has 0 atom stereocenters. The van der Waals surface area contributed by atoms with E-state index in [1.807, 2.05) is 6.92 Å². The molecule has 1 heterocycles. The van der Waals surface area contributed by atoms with Gasteiger partial charge in [-0.3, -0.25) is 4.79 Å². The first-order valence-electron chi connectivity index (χ1n) is 8.11. The van der Waals surface area contributed by atoms with Crippen molar-refractivity contribution < 1.29 is 9.18 Å². The first kappa shape index (κ1) is 15.7. The highest BCUT2D eigenvalue weighted by Crippen LogP contribution is 2.42. The zero-order valence-electron chi connectivity index (χ0n) is 13.8. The van der Waals surface area contributed by atoms with E-state index in [0.717, 1.165) is 29.9 Å². The summed E-state index contributed by atoms with van der Waals surface area (Å²) in [5, 5.41) is 7.64. The summed E-state index contributed by atoms with van der Waals surface area (Å²) >= 11 is 0. The maximum Gasteiger partial charge on any atom is 0.255 e. The zero-order chi connectivity index (χ0) is 16.6. The number of amides is 1. The maximum absolute atomic E-state index is 13.1. The van der Waals surface area contributed by atoms with E-state index in [1.54, 1.807) is 16.8 Å². The molecular formula is C18H22FN3O. The number of rotatable bonds is 5. The Morgan fingerprint density at radius 1 is 1.35 bits per heavy atom. The minimum absolute atomic E-state index is 0.0635. The van der Waals surface area contributed by atoms with Gasteiger partial charge in [-0.25, -0.2) is 9.07 Å². The van der Waals surface area contributed by atoms with E-state index in [9.17, 15) is 9.18 Å². The van der Waals surface area contributed by atoms with Crippen LogP contribution in [-0.2, 0) is 0 Å². The quantitative estimate of drug-likeness (QED) is 0.916. The van der Waals surface area contributed by atoms with Gasteiger partial charge in [-0.2, -0.15) is 5.10 Å². The molecule has 1 aliphatic carbocycles. The van der Waals surface area contributed by atoms with E-state index >= 15 is 0 Å². The Kier molecular flexibility index (Phi) is 4.20. The fraction of sp³-hybridized carbons (Fsp3) is 0.444. The van der Waals surface area contributed by atoms with Gasteiger partial charge in [0.2, 0.25) is 0 Å². The highest BCUT2D eigenvalue weighted by Gasteiger charge is 2.33. The molecule has 0 spiro atoms. The molecule has 0 radical (unpaired) electrons. The molecule has 1 aromatic carbocycles.